The van der Waals surface area contributed by atoms with Gasteiger partial charge in [-0.3, -0.25) is 4.90 Å². The molecule has 1 N–H and O–H groups in total. The molecule has 90 valence electrons. The Hall–Kier alpha value is -0.480. The lowest BCUT2D eigenvalue weighted by molar-refractivity contribution is 0.310. The van der Waals surface area contributed by atoms with Gasteiger partial charge in [-0.1, -0.05) is 29.3 Å². The fourth-order valence-corrected chi connectivity index (χ4v) is 1.95. The van der Waals surface area contributed by atoms with Gasteiger partial charge in [-0.05, 0) is 25.7 Å². The maximum Gasteiger partial charge on any atom is 0.138 e. The Labute approximate surface area is 106 Å². The highest BCUT2D eigenvalue weighted by molar-refractivity contribution is 6.43. The van der Waals surface area contributed by atoms with Gasteiger partial charge in [0.15, 0.2) is 0 Å². The normalized spacial score (nSPS) is 10.9. The summed E-state index contributed by atoms with van der Waals surface area (Å²) in [6, 6.07) is 3.76. The van der Waals surface area contributed by atoms with Crippen molar-refractivity contribution in [2.24, 2.45) is 0 Å². The lowest BCUT2D eigenvalue weighted by Gasteiger charge is -2.17. The Morgan fingerprint density at radius 1 is 1.31 bits per heavy atom. The second-order valence-electron chi connectivity index (χ2n) is 3.58. The zero-order valence-corrected chi connectivity index (χ0v) is 11.2. The molecule has 0 aromatic heterocycles. The maximum absolute atomic E-state index is 6.16. The summed E-state index contributed by atoms with van der Waals surface area (Å²) in [7, 11) is 5.48. The fourth-order valence-electron chi connectivity index (χ4n) is 1.47. The minimum absolute atomic E-state index is 0.472. The van der Waals surface area contributed by atoms with E-state index >= 15 is 0 Å². The molecule has 0 unspecified atom stereocenters. The number of rotatable bonds is 5. The van der Waals surface area contributed by atoms with E-state index in [9.17, 15) is 0 Å². The van der Waals surface area contributed by atoms with Crippen molar-refractivity contribution in [2.75, 3.05) is 27.9 Å². The van der Waals surface area contributed by atoms with Gasteiger partial charge in [0.25, 0.3) is 0 Å². The summed E-state index contributed by atoms with van der Waals surface area (Å²) < 4.78 is 5.09. The van der Waals surface area contributed by atoms with Crippen LogP contribution in [0.5, 0.6) is 5.75 Å². The van der Waals surface area contributed by atoms with E-state index in [0.29, 0.717) is 15.8 Å². The van der Waals surface area contributed by atoms with Gasteiger partial charge >= 0.3 is 0 Å². The van der Waals surface area contributed by atoms with Crippen LogP contribution in [0.2, 0.25) is 10.0 Å². The fraction of sp³-hybridized carbons (Fsp3) is 0.455. The molecule has 0 atom stereocenters. The molecular formula is C11H16Cl2N2O. The highest BCUT2D eigenvalue weighted by Crippen LogP contribution is 2.34. The molecular weight excluding hydrogens is 247 g/mol. The monoisotopic (exact) mass is 262 g/mol. The molecule has 1 rings (SSSR count). The number of nitrogens with one attached hydrogen (secondary N) is 1. The van der Waals surface area contributed by atoms with Crippen molar-refractivity contribution in [1.29, 1.82) is 0 Å². The summed E-state index contributed by atoms with van der Waals surface area (Å²) in [5, 5.41) is 4.10. The van der Waals surface area contributed by atoms with Crippen molar-refractivity contribution in [3.05, 3.63) is 27.7 Å². The standard InChI is InChI=1S/C11H16Cl2N2O/c1-14-7-15(2)6-8-4-5-9(16-3)11(13)10(8)12/h4-5,14H,6-7H2,1-3H3. The molecule has 0 aliphatic heterocycles. The van der Waals surface area contributed by atoms with E-state index in [4.69, 9.17) is 27.9 Å². The van der Waals surface area contributed by atoms with Gasteiger partial charge in [0.05, 0.1) is 12.1 Å². The Bertz CT molecular complexity index is 358. The van der Waals surface area contributed by atoms with Gasteiger partial charge in [-0.15, -0.1) is 0 Å². The molecule has 0 amide bonds. The molecule has 0 heterocycles. The minimum atomic E-state index is 0.472. The Kier molecular flexibility index (Phi) is 5.35. The number of ether oxygens (including phenoxy) is 1. The summed E-state index contributed by atoms with van der Waals surface area (Å²) in [5.74, 6) is 0.603. The highest BCUT2D eigenvalue weighted by Gasteiger charge is 2.11. The average molecular weight is 263 g/mol. The van der Waals surface area contributed by atoms with E-state index in [2.05, 4.69) is 10.2 Å². The SMILES string of the molecule is CNCN(C)Cc1ccc(OC)c(Cl)c1Cl. The summed E-state index contributed by atoms with van der Waals surface area (Å²) in [6.45, 7) is 1.53. The predicted octanol–water partition coefficient (Wildman–Crippen LogP) is 2.61. The smallest absolute Gasteiger partial charge is 0.138 e. The van der Waals surface area contributed by atoms with E-state index in [1.54, 1.807) is 7.11 Å². The van der Waals surface area contributed by atoms with Crippen molar-refractivity contribution in [3.63, 3.8) is 0 Å². The van der Waals surface area contributed by atoms with Gasteiger partial charge in [0.2, 0.25) is 0 Å². The third-order valence-corrected chi connectivity index (χ3v) is 3.12. The van der Waals surface area contributed by atoms with Crippen LogP contribution in [0.1, 0.15) is 5.56 Å². The van der Waals surface area contributed by atoms with E-state index in [1.807, 2.05) is 26.2 Å². The topological polar surface area (TPSA) is 24.5 Å². The molecule has 1 aromatic rings. The molecule has 0 saturated heterocycles. The van der Waals surface area contributed by atoms with Crippen LogP contribution in [0.15, 0.2) is 12.1 Å². The third kappa shape index (κ3) is 3.25. The molecule has 3 nitrogen and oxygen atoms in total. The number of hydrogen-bond donors (Lipinski definition) is 1. The summed E-state index contributed by atoms with van der Waals surface area (Å²) in [4.78, 5) is 2.10. The molecule has 0 aliphatic rings. The maximum atomic E-state index is 6.16. The highest BCUT2D eigenvalue weighted by atomic mass is 35.5. The van der Waals surface area contributed by atoms with Crippen molar-refractivity contribution < 1.29 is 4.74 Å². The van der Waals surface area contributed by atoms with Crippen LogP contribution in [0.3, 0.4) is 0 Å². The van der Waals surface area contributed by atoms with Crippen molar-refractivity contribution >= 4 is 23.2 Å². The zero-order chi connectivity index (χ0) is 12.1. The van der Waals surface area contributed by atoms with E-state index < -0.39 is 0 Å². The molecule has 0 bridgehead atoms. The van der Waals surface area contributed by atoms with Crippen molar-refractivity contribution in [1.82, 2.24) is 10.2 Å². The first-order valence-corrected chi connectivity index (χ1v) is 5.69. The second-order valence-corrected chi connectivity index (χ2v) is 4.34. The first kappa shape index (κ1) is 13.6. The summed E-state index contributed by atoms with van der Waals surface area (Å²) in [5.41, 5.74) is 0.991. The molecule has 16 heavy (non-hydrogen) atoms. The molecule has 0 radical (unpaired) electrons. The molecule has 0 aliphatic carbocycles. The number of methoxy groups -OCH3 is 1. The van der Waals surface area contributed by atoms with Crippen LogP contribution >= 0.6 is 23.2 Å². The molecule has 1 aromatic carbocycles. The van der Waals surface area contributed by atoms with E-state index in [1.165, 1.54) is 0 Å². The number of nitrogens with zero attached hydrogens (tertiary/aromatic N) is 1. The first-order valence-electron chi connectivity index (χ1n) is 4.94. The second kappa shape index (κ2) is 6.30. The molecule has 0 saturated carbocycles. The van der Waals surface area contributed by atoms with Crippen LogP contribution < -0.4 is 10.1 Å². The molecule has 5 heteroatoms. The Balaban J connectivity index is 2.86. The lowest BCUT2D eigenvalue weighted by Crippen LogP contribution is -2.28. The minimum Gasteiger partial charge on any atom is -0.495 e. The Morgan fingerprint density at radius 3 is 2.56 bits per heavy atom. The number of benzene rings is 1. The molecule has 0 spiro atoms. The van der Waals surface area contributed by atoms with Crippen LogP contribution in [-0.4, -0.2) is 32.8 Å². The van der Waals surface area contributed by atoms with Crippen molar-refractivity contribution in [2.45, 2.75) is 6.54 Å². The van der Waals surface area contributed by atoms with Gasteiger partial charge in [-0.2, -0.15) is 0 Å². The average Bonchev–Trinajstić information content (AvgIpc) is 2.25. The van der Waals surface area contributed by atoms with Gasteiger partial charge in [0, 0.05) is 13.2 Å². The van der Waals surface area contributed by atoms with Crippen LogP contribution in [0, 0.1) is 0 Å². The van der Waals surface area contributed by atoms with Crippen molar-refractivity contribution in [3.8, 4) is 5.75 Å². The Morgan fingerprint density at radius 2 is 2.00 bits per heavy atom. The van der Waals surface area contributed by atoms with E-state index in [-0.39, 0.29) is 0 Å². The zero-order valence-electron chi connectivity index (χ0n) is 9.68. The largest absolute Gasteiger partial charge is 0.495 e. The third-order valence-electron chi connectivity index (χ3n) is 2.22. The van der Waals surface area contributed by atoms with Gasteiger partial charge in [0.1, 0.15) is 10.8 Å². The first-order chi connectivity index (χ1) is 7.60. The number of hydrogen-bond acceptors (Lipinski definition) is 3. The van der Waals surface area contributed by atoms with Crippen LogP contribution in [0.25, 0.3) is 0 Å². The molecule has 0 fully saturated rings. The summed E-state index contributed by atoms with van der Waals surface area (Å²) in [6.07, 6.45) is 0. The lowest BCUT2D eigenvalue weighted by atomic mass is 10.2. The van der Waals surface area contributed by atoms with E-state index in [0.717, 1.165) is 18.8 Å². The van der Waals surface area contributed by atoms with Gasteiger partial charge < -0.3 is 10.1 Å². The van der Waals surface area contributed by atoms with Crippen LogP contribution in [-0.2, 0) is 6.54 Å². The quantitative estimate of drug-likeness (QED) is 0.826. The van der Waals surface area contributed by atoms with Crippen LogP contribution in [0.4, 0.5) is 0 Å². The van der Waals surface area contributed by atoms with Gasteiger partial charge in [-0.25, -0.2) is 0 Å². The number of halogens is 2. The summed E-state index contributed by atoms with van der Waals surface area (Å²) >= 11 is 12.2. The predicted molar refractivity (Wildman–Crippen MR) is 68.4 cm³/mol.